The van der Waals surface area contributed by atoms with Crippen LogP contribution in [0.5, 0.6) is 0 Å². The molecule has 0 spiro atoms. The van der Waals surface area contributed by atoms with Crippen LogP contribution in [0.2, 0.25) is 0 Å². The molecule has 0 rings (SSSR count). The van der Waals surface area contributed by atoms with E-state index in [0.717, 1.165) is 19.3 Å². The van der Waals surface area contributed by atoms with Crippen molar-refractivity contribution in [1.82, 2.24) is 0 Å². The van der Waals surface area contributed by atoms with Gasteiger partial charge in [0, 0.05) is 28.7 Å². The van der Waals surface area contributed by atoms with E-state index in [2.05, 4.69) is 13.0 Å². The number of unbranched alkanes of at least 4 members (excludes halogenated alkanes) is 3. The second-order valence-corrected chi connectivity index (χ2v) is 2.39. The van der Waals surface area contributed by atoms with Crippen molar-refractivity contribution < 1.29 is 1.43 Å². The van der Waals surface area contributed by atoms with E-state index in [1.807, 2.05) is 11.9 Å². The molecule has 0 fully saturated rings. The zero-order valence-electron chi connectivity index (χ0n) is 7.42. The molecule has 0 aromatic carbocycles. The average Bonchev–Trinajstić information content (AvgIpc) is 2.03. The number of allylic oxidation sites excluding steroid dienone is 3. The predicted octanol–water partition coefficient (Wildman–Crippen LogP) is 2.99. The van der Waals surface area contributed by atoms with Crippen LogP contribution in [-0.4, -0.2) is 33.2 Å². The fourth-order valence-corrected chi connectivity index (χ4v) is 0.774. The van der Waals surface area contributed by atoms with Crippen LogP contribution in [0.25, 0.3) is 5.41 Å². The normalized spacial score (nSPS) is 9.00. The van der Waals surface area contributed by atoms with E-state index < -0.39 is 0 Å². The molecule has 0 aromatic rings. The van der Waals surface area contributed by atoms with Gasteiger partial charge >= 0.3 is 0 Å². The molecular weight excluding hydrogens is 341 g/mol. The van der Waals surface area contributed by atoms with Crippen LogP contribution in [0.1, 0.15) is 33.5 Å². The second-order valence-electron chi connectivity index (χ2n) is 2.39. The maximum atomic E-state index is 8.16. The first-order valence-electron chi connectivity index (χ1n) is 4.07. The summed E-state index contributed by atoms with van der Waals surface area (Å²) in [6, 6.07) is 0. The Bertz CT molecular complexity index is 151. The number of nitrogens with zero attached hydrogens (tertiary/aromatic N) is 1. The molecule has 0 unspecified atom stereocenters. The van der Waals surface area contributed by atoms with Gasteiger partial charge in [-0.05, 0) is 25.7 Å². The summed E-state index contributed by atoms with van der Waals surface area (Å²) >= 11 is 0. The maximum absolute atomic E-state index is 8.16. The van der Waals surface area contributed by atoms with Crippen molar-refractivity contribution in [1.29, 1.82) is 0 Å². The van der Waals surface area contributed by atoms with Crippen LogP contribution in [0.15, 0.2) is 18.2 Å². The van der Waals surface area contributed by atoms with E-state index in [1.165, 1.54) is 12.8 Å². The van der Waals surface area contributed by atoms with E-state index in [0.29, 0.717) is 0 Å². The van der Waals surface area contributed by atoms with Crippen molar-refractivity contribution in [2.45, 2.75) is 32.1 Å². The van der Waals surface area contributed by atoms with Crippen LogP contribution >= 0.6 is 0 Å². The first-order valence-corrected chi connectivity index (χ1v) is 4.07. The zero-order chi connectivity index (χ0) is 8.36. The smallest absolute Gasteiger partial charge is 0.0850 e. The predicted molar refractivity (Wildman–Crippen MR) is 58.4 cm³/mol. The average molecular weight is 358 g/mol. The first kappa shape index (κ1) is 14.5. The molecule has 0 aromatic heterocycles. The van der Waals surface area contributed by atoms with Crippen molar-refractivity contribution in [3.8, 4) is 0 Å². The van der Waals surface area contributed by atoms with Crippen LogP contribution < -0.4 is 0 Å². The molecule has 0 saturated carbocycles. The second kappa shape index (κ2) is 13.6. The van der Waals surface area contributed by atoms with Gasteiger partial charge in [-0.1, -0.05) is 18.2 Å². The molecule has 4 radical (unpaired) electrons. The topological polar surface area (TPSA) is 22.3 Å². The van der Waals surface area contributed by atoms with Gasteiger partial charge in [0.15, 0.2) is 0 Å². The Morgan fingerprint density at radius 2 is 2.08 bits per heavy atom. The van der Waals surface area contributed by atoms with Gasteiger partial charge in [0.05, 0.1) is 13.3 Å². The molecule has 0 heterocycles. The fraction of sp³-hybridized carbons (Fsp3) is 0.500. The van der Waals surface area contributed by atoms with Gasteiger partial charge in [0.1, 0.15) is 0 Å². The van der Waals surface area contributed by atoms with E-state index in [4.69, 9.17) is 5.41 Å². The minimum Gasteiger partial charge on any atom is -0.764 e. The molecule has 0 aliphatic rings. The molecule has 0 amide bonds. The van der Waals surface area contributed by atoms with Crippen LogP contribution in [0.4, 0.5) is 0 Å². The van der Waals surface area contributed by atoms with Gasteiger partial charge in [0.25, 0.3) is 0 Å². The summed E-state index contributed by atoms with van der Waals surface area (Å²) in [5.41, 5.74) is 0. The SMILES string of the molecule is [CH2+]CCCC/C=C\CC=C=[N-].[HH].[Pb]. The van der Waals surface area contributed by atoms with Gasteiger partial charge in [-0.2, -0.15) is 0 Å². The molecule has 66 valence electrons. The van der Waals surface area contributed by atoms with Gasteiger partial charge < -0.3 is 5.41 Å². The Balaban J connectivity index is -0.000000500. The maximum Gasteiger partial charge on any atom is 0.0850 e. The summed E-state index contributed by atoms with van der Waals surface area (Å²) in [7, 11) is 0. The van der Waals surface area contributed by atoms with Crippen LogP contribution in [-0.2, 0) is 0 Å². The fourth-order valence-electron chi connectivity index (χ4n) is 0.774. The quantitative estimate of drug-likeness (QED) is 0.229. The van der Waals surface area contributed by atoms with Gasteiger partial charge in [0.2, 0.25) is 0 Å². The number of hydrogen-bond acceptors (Lipinski definition) is 0. The minimum atomic E-state index is 0. The molecule has 0 saturated heterocycles. The van der Waals surface area contributed by atoms with Gasteiger partial charge in [-0.3, -0.25) is 5.87 Å². The zero-order valence-corrected chi connectivity index (χ0v) is 11.3. The molecule has 2 heteroatoms. The molecule has 0 aliphatic carbocycles. The summed E-state index contributed by atoms with van der Waals surface area (Å²) in [4.78, 5) is 0. The Kier molecular flexibility index (Phi) is 16.4. The Morgan fingerprint density at radius 3 is 2.67 bits per heavy atom. The Hall–Kier alpha value is -0.0179. The monoisotopic (exact) mass is 359 g/mol. The molecule has 12 heavy (non-hydrogen) atoms. The standard InChI is InChI=1S/C10H15N.Pb.H2/c1-2-3-4-5-6-7-8-9-10-11;;/h6-7,9H,1-5,8H2;;1H/b7-6-;;. The summed E-state index contributed by atoms with van der Waals surface area (Å²) in [5, 5.41) is 8.16. The van der Waals surface area contributed by atoms with Crippen LogP contribution in [0, 0.1) is 6.92 Å². The van der Waals surface area contributed by atoms with E-state index in [9.17, 15) is 0 Å². The van der Waals surface area contributed by atoms with E-state index in [1.54, 1.807) is 6.08 Å². The van der Waals surface area contributed by atoms with E-state index in [-0.39, 0.29) is 28.7 Å². The molecule has 0 aliphatic heterocycles. The Morgan fingerprint density at radius 1 is 1.33 bits per heavy atom. The first-order chi connectivity index (χ1) is 5.41. The van der Waals surface area contributed by atoms with Crippen molar-refractivity contribution in [2.75, 3.05) is 0 Å². The minimum absolute atomic E-state index is 0. The third-order valence-corrected chi connectivity index (χ3v) is 1.38. The van der Waals surface area contributed by atoms with Gasteiger partial charge in [-0.25, -0.2) is 0 Å². The van der Waals surface area contributed by atoms with Crippen molar-refractivity contribution in [3.63, 3.8) is 0 Å². The summed E-state index contributed by atoms with van der Waals surface area (Å²) in [6.07, 6.45) is 11.1. The third kappa shape index (κ3) is 12.6. The summed E-state index contributed by atoms with van der Waals surface area (Å²) in [6.45, 7) is 3.76. The van der Waals surface area contributed by atoms with E-state index >= 15 is 0 Å². The molecule has 1 nitrogen and oxygen atoms in total. The molecular formula is C10H17NPb. The molecule has 0 atom stereocenters. The van der Waals surface area contributed by atoms with Crippen LogP contribution in [0.3, 0.4) is 0 Å². The molecule has 0 N–H and O–H groups in total. The summed E-state index contributed by atoms with van der Waals surface area (Å²) < 4.78 is 0. The number of rotatable bonds is 6. The number of hydrogen-bond donors (Lipinski definition) is 0. The Labute approximate surface area is 97.1 Å². The van der Waals surface area contributed by atoms with Crippen molar-refractivity contribution in [3.05, 3.63) is 30.6 Å². The third-order valence-electron chi connectivity index (χ3n) is 1.38. The van der Waals surface area contributed by atoms with Crippen molar-refractivity contribution in [2.24, 2.45) is 0 Å². The largest absolute Gasteiger partial charge is 0.764 e. The summed E-state index contributed by atoms with van der Waals surface area (Å²) in [5.74, 6) is 1.98. The molecule has 0 bridgehead atoms. The van der Waals surface area contributed by atoms with Crippen molar-refractivity contribution >= 4 is 33.2 Å². The van der Waals surface area contributed by atoms with Gasteiger partial charge in [-0.15, -0.1) is 0 Å².